The number of anilines is 1. The van der Waals surface area contributed by atoms with Crippen molar-refractivity contribution in [3.63, 3.8) is 0 Å². The van der Waals surface area contributed by atoms with Crippen molar-refractivity contribution in [2.24, 2.45) is 5.92 Å². The zero-order valence-electron chi connectivity index (χ0n) is 19.8. The molecule has 2 heterocycles. The Bertz CT molecular complexity index is 1270. The Hall–Kier alpha value is -3.33. The molecular formula is C26H31N5O2S. The lowest BCUT2D eigenvalue weighted by Gasteiger charge is -2.30. The smallest absolute Gasteiger partial charge is 0.270 e. The number of aromatic nitrogens is 1. The standard InChI is InChI=1S/C26H31N5O2S/c1-4-12-28-24(32)22(17-27)26-31(5-2)25(33)23(34-26)18-29-21-8-6-7-20(16-21)11-15-30-13-9-19(3)10-14-30/h1,6-8,16,18-19,29H,5,9-15H2,2-3H3,(H,28,32)/b23-18+,26-22-. The molecule has 0 radical (unpaired) electrons. The fraction of sp³-hybridized carbons (Fsp3) is 0.423. The van der Waals surface area contributed by atoms with Crippen LogP contribution in [-0.2, 0) is 17.8 Å². The van der Waals surface area contributed by atoms with Gasteiger partial charge in [-0.3, -0.25) is 14.2 Å². The van der Waals surface area contributed by atoms with Crippen LogP contribution in [0.2, 0.25) is 0 Å². The van der Waals surface area contributed by atoms with E-state index in [1.807, 2.05) is 18.2 Å². The molecule has 0 atom stereocenters. The maximum Gasteiger partial charge on any atom is 0.270 e. The fourth-order valence-electron chi connectivity index (χ4n) is 3.95. The highest BCUT2D eigenvalue weighted by Crippen LogP contribution is 2.17. The van der Waals surface area contributed by atoms with E-state index in [2.05, 4.69) is 40.5 Å². The number of thiazole rings is 1. The summed E-state index contributed by atoms with van der Waals surface area (Å²) in [5.41, 5.74) is 1.76. The summed E-state index contributed by atoms with van der Waals surface area (Å²) in [5.74, 6) is 2.55. The molecule has 0 aliphatic carbocycles. The van der Waals surface area contributed by atoms with Gasteiger partial charge in [-0.2, -0.15) is 5.26 Å². The molecule has 3 rings (SSSR count). The molecule has 178 valence electrons. The number of nitrogens with zero attached hydrogens (tertiary/aromatic N) is 3. The summed E-state index contributed by atoms with van der Waals surface area (Å²) in [6, 6.07) is 10.1. The molecule has 0 bridgehead atoms. The summed E-state index contributed by atoms with van der Waals surface area (Å²) in [5, 5.41) is 15.2. The van der Waals surface area contributed by atoms with Crippen LogP contribution in [0, 0.1) is 29.6 Å². The molecule has 1 aliphatic heterocycles. The third-order valence-electron chi connectivity index (χ3n) is 6.02. The summed E-state index contributed by atoms with van der Waals surface area (Å²) < 4.78 is 2.17. The van der Waals surface area contributed by atoms with Gasteiger partial charge in [0.1, 0.15) is 15.3 Å². The van der Waals surface area contributed by atoms with Gasteiger partial charge in [-0.25, -0.2) is 0 Å². The van der Waals surface area contributed by atoms with Crippen LogP contribution < -0.4 is 25.4 Å². The Morgan fingerprint density at radius 3 is 2.79 bits per heavy atom. The minimum absolute atomic E-state index is 0.0134. The van der Waals surface area contributed by atoms with E-state index in [0.29, 0.717) is 15.7 Å². The number of likely N-dealkylation sites (tertiary alicyclic amines) is 1. The summed E-state index contributed by atoms with van der Waals surface area (Å²) >= 11 is 1.11. The van der Waals surface area contributed by atoms with E-state index >= 15 is 0 Å². The molecule has 1 amide bonds. The van der Waals surface area contributed by atoms with Gasteiger partial charge in [0, 0.05) is 25.0 Å². The lowest BCUT2D eigenvalue weighted by Crippen LogP contribution is -2.34. The second kappa shape index (κ2) is 12.2. The van der Waals surface area contributed by atoms with Gasteiger partial charge in [0.25, 0.3) is 11.5 Å². The van der Waals surface area contributed by atoms with Crippen molar-refractivity contribution in [2.75, 3.05) is 31.5 Å². The molecule has 0 saturated carbocycles. The highest BCUT2D eigenvalue weighted by molar-refractivity contribution is 7.07. The molecule has 1 fully saturated rings. The zero-order chi connectivity index (χ0) is 24.5. The molecule has 7 nitrogen and oxygen atoms in total. The van der Waals surface area contributed by atoms with Crippen molar-refractivity contribution < 1.29 is 4.79 Å². The maximum absolute atomic E-state index is 12.9. The quantitative estimate of drug-likeness (QED) is 0.562. The summed E-state index contributed by atoms with van der Waals surface area (Å²) in [6.07, 6.45) is 10.3. The van der Waals surface area contributed by atoms with Crippen molar-refractivity contribution >= 4 is 34.7 Å². The average Bonchev–Trinajstić information content (AvgIpc) is 3.16. The van der Waals surface area contributed by atoms with Gasteiger partial charge in [-0.1, -0.05) is 25.0 Å². The van der Waals surface area contributed by atoms with E-state index in [9.17, 15) is 14.9 Å². The summed E-state index contributed by atoms with van der Waals surface area (Å²) in [7, 11) is 0. The number of amides is 1. The molecule has 1 aliphatic rings. The number of piperidine rings is 1. The minimum Gasteiger partial charge on any atom is -0.360 e. The average molecular weight is 478 g/mol. The molecule has 1 saturated heterocycles. The predicted octanol–water partition coefficient (Wildman–Crippen LogP) is 1.48. The highest BCUT2D eigenvalue weighted by atomic mass is 32.1. The van der Waals surface area contributed by atoms with Crippen molar-refractivity contribution in [3.8, 4) is 18.4 Å². The van der Waals surface area contributed by atoms with Crippen LogP contribution in [0.1, 0.15) is 32.3 Å². The lowest BCUT2D eigenvalue weighted by atomic mass is 9.99. The van der Waals surface area contributed by atoms with Crippen molar-refractivity contribution in [2.45, 2.75) is 39.7 Å². The van der Waals surface area contributed by atoms with Crippen molar-refractivity contribution in [1.29, 1.82) is 5.26 Å². The van der Waals surface area contributed by atoms with Gasteiger partial charge in [0.15, 0.2) is 5.57 Å². The molecule has 2 N–H and O–H groups in total. The summed E-state index contributed by atoms with van der Waals surface area (Å²) in [6.45, 7) is 7.86. The largest absolute Gasteiger partial charge is 0.360 e. The highest BCUT2D eigenvalue weighted by Gasteiger charge is 2.16. The SMILES string of the molecule is C#CCNC(=O)/C(C#N)=c1\s/c(=C/Nc2cccc(CCN3CCC(C)CC3)c2)c(=O)n1CC. The normalized spacial score (nSPS) is 15.9. The number of carbonyl (C=O) groups excluding carboxylic acids is 1. The van der Waals surface area contributed by atoms with Crippen LogP contribution in [0.15, 0.2) is 29.1 Å². The molecule has 0 unspecified atom stereocenters. The van der Waals surface area contributed by atoms with Crippen LogP contribution in [0.25, 0.3) is 11.8 Å². The number of nitrogens with one attached hydrogen (secondary N) is 2. The number of nitriles is 1. The van der Waals surface area contributed by atoms with Gasteiger partial charge in [0.2, 0.25) is 0 Å². The van der Waals surface area contributed by atoms with Crippen LogP contribution in [0.3, 0.4) is 0 Å². The van der Waals surface area contributed by atoms with Gasteiger partial charge in [-0.05, 0) is 62.9 Å². The molecule has 2 aromatic rings. The topological polar surface area (TPSA) is 90.2 Å². The molecule has 8 heteroatoms. The van der Waals surface area contributed by atoms with Crippen LogP contribution in [-0.4, -0.2) is 41.6 Å². The third-order valence-corrected chi connectivity index (χ3v) is 7.15. The Kier molecular flexibility index (Phi) is 9.09. The van der Waals surface area contributed by atoms with Crippen LogP contribution in [0.5, 0.6) is 0 Å². The predicted molar refractivity (Wildman–Crippen MR) is 137 cm³/mol. The maximum atomic E-state index is 12.9. The van der Waals surface area contributed by atoms with Crippen molar-refractivity contribution in [3.05, 3.63) is 49.4 Å². The lowest BCUT2D eigenvalue weighted by molar-refractivity contribution is -0.115. The van der Waals surface area contributed by atoms with E-state index in [1.165, 1.54) is 36.1 Å². The number of hydrogen-bond acceptors (Lipinski definition) is 6. The molecule has 34 heavy (non-hydrogen) atoms. The van der Waals surface area contributed by atoms with E-state index in [1.54, 1.807) is 13.1 Å². The first-order chi connectivity index (χ1) is 16.5. The number of terminal acetylenes is 1. The fourth-order valence-corrected chi connectivity index (χ4v) is 5.03. The van der Waals surface area contributed by atoms with E-state index in [-0.39, 0.29) is 17.7 Å². The van der Waals surface area contributed by atoms with Gasteiger partial charge >= 0.3 is 0 Å². The van der Waals surface area contributed by atoms with E-state index in [4.69, 9.17) is 6.42 Å². The molecule has 0 spiro atoms. The number of benzene rings is 1. The second-order valence-electron chi connectivity index (χ2n) is 8.46. The van der Waals surface area contributed by atoms with Gasteiger partial charge in [0.05, 0.1) is 6.54 Å². The van der Waals surface area contributed by atoms with E-state index in [0.717, 1.165) is 35.9 Å². The molecular weight excluding hydrogens is 446 g/mol. The van der Waals surface area contributed by atoms with Crippen molar-refractivity contribution in [1.82, 2.24) is 14.8 Å². The van der Waals surface area contributed by atoms with Crippen LogP contribution in [0.4, 0.5) is 5.69 Å². The monoisotopic (exact) mass is 477 g/mol. The zero-order valence-corrected chi connectivity index (χ0v) is 20.6. The number of rotatable bonds is 8. The Morgan fingerprint density at radius 2 is 2.12 bits per heavy atom. The van der Waals surface area contributed by atoms with Gasteiger partial charge < -0.3 is 15.5 Å². The second-order valence-corrected chi connectivity index (χ2v) is 9.49. The Morgan fingerprint density at radius 1 is 1.35 bits per heavy atom. The number of carbonyl (C=O) groups is 1. The van der Waals surface area contributed by atoms with E-state index < -0.39 is 5.91 Å². The first-order valence-corrected chi connectivity index (χ1v) is 12.4. The summed E-state index contributed by atoms with van der Waals surface area (Å²) in [4.78, 5) is 27.7. The van der Waals surface area contributed by atoms with Gasteiger partial charge in [-0.15, -0.1) is 17.8 Å². The first-order valence-electron chi connectivity index (χ1n) is 11.6. The Balaban J connectivity index is 1.79. The Labute approximate surface area is 204 Å². The third kappa shape index (κ3) is 6.38. The van der Waals surface area contributed by atoms with Crippen LogP contribution >= 0.6 is 11.3 Å². The molecule has 1 aromatic heterocycles. The minimum atomic E-state index is -0.584. The first kappa shape index (κ1) is 25.3. The molecule has 1 aromatic carbocycles. The number of hydrogen-bond donors (Lipinski definition) is 2.